The maximum Gasteiger partial charge on any atom is 0.343 e. The van der Waals surface area contributed by atoms with Crippen molar-refractivity contribution in [1.29, 1.82) is 0 Å². The number of halogens is 1. The van der Waals surface area contributed by atoms with Gasteiger partial charge in [-0.25, -0.2) is 15.0 Å². The molecule has 10 nitrogen and oxygen atoms in total. The Morgan fingerprint density at radius 2 is 1.83 bits per heavy atom. The molecule has 1 aliphatic carbocycles. The molecule has 12 heteroatoms. The predicted molar refractivity (Wildman–Crippen MR) is 155 cm³/mol. The molecule has 0 saturated heterocycles. The maximum absolute atomic E-state index is 12.6. The average molecular weight is 598 g/mol. The highest BCUT2D eigenvalue weighted by atomic mass is 35.5. The quantitative estimate of drug-likeness (QED) is 0.122. The maximum atomic E-state index is 12.6. The van der Waals surface area contributed by atoms with Gasteiger partial charge in [0.15, 0.2) is 11.5 Å². The molecule has 1 atom stereocenters. The molecule has 4 rings (SSSR count). The van der Waals surface area contributed by atoms with E-state index in [9.17, 15) is 19.2 Å². The number of amides is 2. The molecule has 0 fully saturated rings. The standard InChI is InChI=1S/C29H28ClN3O7S/c1-4-39-29(37)24-20-11-5-16(2)13-23(20)41-27(24)32-25(34)26(35)33-31-15-17-6-12-21(22(14-17)38-3)40-28(36)18-7-9-19(30)10-8-18/h6-10,12,14-16H,4-5,11,13H2,1-3H3,(H,32,34)(H,33,35)/b31-15-/t16-/m1/s1. The van der Waals surface area contributed by atoms with Crippen LogP contribution in [0.3, 0.4) is 0 Å². The number of hydrazone groups is 1. The van der Waals surface area contributed by atoms with E-state index in [-0.39, 0.29) is 18.1 Å². The lowest BCUT2D eigenvalue weighted by Crippen LogP contribution is -2.32. The van der Waals surface area contributed by atoms with Crippen LogP contribution in [0.15, 0.2) is 47.6 Å². The molecule has 0 unspecified atom stereocenters. The van der Waals surface area contributed by atoms with E-state index in [1.165, 1.54) is 30.7 Å². The number of benzene rings is 2. The van der Waals surface area contributed by atoms with Gasteiger partial charge in [-0.1, -0.05) is 18.5 Å². The minimum Gasteiger partial charge on any atom is -0.493 e. The Morgan fingerprint density at radius 3 is 2.54 bits per heavy atom. The summed E-state index contributed by atoms with van der Waals surface area (Å²) in [6.45, 7) is 4.03. The Kier molecular flexibility index (Phi) is 9.74. The number of hydrogen-bond acceptors (Lipinski definition) is 9. The van der Waals surface area contributed by atoms with Crippen molar-refractivity contribution < 1.29 is 33.4 Å². The molecule has 2 aromatic carbocycles. The summed E-state index contributed by atoms with van der Waals surface area (Å²) in [5.74, 6) is -2.21. The smallest absolute Gasteiger partial charge is 0.343 e. The third-order valence-electron chi connectivity index (χ3n) is 6.27. The summed E-state index contributed by atoms with van der Waals surface area (Å²) in [5, 5.41) is 7.17. The van der Waals surface area contributed by atoms with Gasteiger partial charge in [-0.15, -0.1) is 11.3 Å². The average Bonchev–Trinajstić information content (AvgIpc) is 3.30. The highest BCUT2D eigenvalue weighted by Gasteiger charge is 2.30. The van der Waals surface area contributed by atoms with Crippen LogP contribution in [0.25, 0.3) is 0 Å². The van der Waals surface area contributed by atoms with Crippen molar-refractivity contribution in [3.05, 3.63) is 74.6 Å². The second-order valence-electron chi connectivity index (χ2n) is 9.24. The first-order valence-electron chi connectivity index (χ1n) is 12.8. The van der Waals surface area contributed by atoms with Crippen molar-refractivity contribution in [2.75, 3.05) is 19.0 Å². The third-order valence-corrected chi connectivity index (χ3v) is 7.70. The molecular weight excluding hydrogens is 570 g/mol. The number of carbonyl (C=O) groups excluding carboxylic acids is 4. The molecular formula is C29H28ClN3O7S. The van der Waals surface area contributed by atoms with Crippen LogP contribution in [0.2, 0.25) is 5.02 Å². The lowest BCUT2D eigenvalue weighted by atomic mass is 9.88. The van der Waals surface area contributed by atoms with Crippen LogP contribution >= 0.6 is 22.9 Å². The zero-order valence-corrected chi connectivity index (χ0v) is 24.2. The molecule has 1 aliphatic rings. The van der Waals surface area contributed by atoms with Crippen LogP contribution in [0.4, 0.5) is 5.00 Å². The fourth-order valence-corrected chi connectivity index (χ4v) is 5.75. The summed E-state index contributed by atoms with van der Waals surface area (Å²) in [6, 6.07) is 10.9. The molecule has 0 saturated carbocycles. The van der Waals surface area contributed by atoms with Crippen LogP contribution in [0.1, 0.15) is 57.0 Å². The Balaban J connectivity index is 1.40. The summed E-state index contributed by atoms with van der Waals surface area (Å²) < 4.78 is 15.9. The topological polar surface area (TPSA) is 132 Å². The molecule has 0 aliphatic heterocycles. The van der Waals surface area contributed by atoms with Crippen LogP contribution in [-0.4, -0.2) is 43.7 Å². The Morgan fingerprint density at radius 1 is 1.07 bits per heavy atom. The van der Waals surface area contributed by atoms with Gasteiger partial charge in [0.05, 0.1) is 31.1 Å². The molecule has 214 valence electrons. The second kappa shape index (κ2) is 13.4. The number of rotatable bonds is 8. The first-order valence-corrected chi connectivity index (χ1v) is 14.0. The number of methoxy groups -OCH3 is 1. The number of esters is 2. The summed E-state index contributed by atoms with van der Waals surface area (Å²) in [4.78, 5) is 51.2. The first-order chi connectivity index (χ1) is 19.7. The summed E-state index contributed by atoms with van der Waals surface area (Å²) in [7, 11) is 1.41. The lowest BCUT2D eigenvalue weighted by molar-refractivity contribution is -0.136. The number of carbonyl (C=O) groups is 4. The van der Waals surface area contributed by atoms with Gasteiger partial charge in [0.25, 0.3) is 0 Å². The monoisotopic (exact) mass is 597 g/mol. The number of nitrogens with zero attached hydrogens (tertiary/aromatic N) is 1. The highest BCUT2D eigenvalue weighted by molar-refractivity contribution is 7.17. The van der Waals surface area contributed by atoms with E-state index < -0.39 is 23.8 Å². The summed E-state index contributed by atoms with van der Waals surface area (Å²) in [5.41, 5.74) is 4.17. The van der Waals surface area contributed by atoms with Gasteiger partial charge in [0.1, 0.15) is 5.00 Å². The van der Waals surface area contributed by atoms with Crippen LogP contribution < -0.4 is 20.2 Å². The Bertz CT molecular complexity index is 1500. The lowest BCUT2D eigenvalue weighted by Gasteiger charge is -2.18. The van der Waals surface area contributed by atoms with E-state index in [4.69, 9.17) is 25.8 Å². The van der Waals surface area contributed by atoms with Gasteiger partial charge in [0, 0.05) is 9.90 Å². The zero-order valence-electron chi connectivity index (χ0n) is 22.6. The van der Waals surface area contributed by atoms with Crippen LogP contribution in [0.5, 0.6) is 11.5 Å². The van der Waals surface area contributed by atoms with Gasteiger partial charge in [-0.2, -0.15) is 5.10 Å². The number of thiophene rings is 1. The normalized spacial score (nSPS) is 14.2. The molecule has 0 radical (unpaired) electrons. The molecule has 0 bridgehead atoms. The predicted octanol–water partition coefficient (Wildman–Crippen LogP) is 5.02. The molecule has 3 aromatic rings. The Labute approximate surface area is 245 Å². The van der Waals surface area contributed by atoms with E-state index in [2.05, 4.69) is 22.8 Å². The van der Waals surface area contributed by atoms with Gasteiger partial charge >= 0.3 is 23.8 Å². The van der Waals surface area contributed by atoms with E-state index in [0.29, 0.717) is 39.1 Å². The zero-order chi connectivity index (χ0) is 29.5. The highest BCUT2D eigenvalue weighted by Crippen LogP contribution is 2.40. The van der Waals surface area contributed by atoms with E-state index in [1.807, 2.05) is 0 Å². The fourth-order valence-electron chi connectivity index (χ4n) is 4.23. The third kappa shape index (κ3) is 7.30. The fraction of sp³-hybridized carbons (Fsp3) is 0.276. The molecule has 41 heavy (non-hydrogen) atoms. The first kappa shape index (κ1) is 29.8. The number of fused-ring (bicyclic) bond motifs is 1. The number of nitrogens with one attached hydrogen (secondary N) is 2. The van der Waals surface area contributed by atoms with Gasteiger partial charge in [-0.05, 0) is 85.7 Å². The van der Waals surface area contributed by atoms with Crippen LogP contribution in [-0.2, 0) is 27.2 Å². The van der Waals surface area contributed by atoms with Crippen molar-refractivity contribution in [2.45, 2.75) is 33.1 Å². The number of hydrogen-bond donors (Lipinski definition) is 2. The van der Waals surface area contributed by atoms with E-state index >= 15 is 0 Å². The molecule has 1 aromatic heterocycles. The van der Waals surface area contributed by atoms with Crippen molar-refractivity contribution in [3.8, 4) is 11.5 Å². The molecule has 0 spiro atoms. The van der Waals surface area contributed by atoms with Crippen molar-refractivity contribution in [3.63, 3.8) is 0 Å². The minimum absolute atomic E-state index is 0.179. The molecule has 2 N–H and O–H groups in total. The van der Waals surface area contributed by atoms with Crippen molar-refractivity contribution >= 4 is 57.9 Å². The Hall–Kier alpha value is -4.22. The molecule has 2 amide bonds. The summed E-state index contributed by atoms with van der Waals surface area (Å²) >= 11 is 7.15. The SMILES string of the molecule is CCOC(=O)c1c(NC(=O)C(=O)N/N=C\c2ccc(OC(=O)c3ccc(Cl)cc3)c(OC)c2)sc2c1CC[C@@H](C)C2. The van der Waals surface area contributed by atoms with E-state index in [0.717, 1.165) is 23.3 Å². The second-order valence-corrected chi connectivity index (χ2v) is 10.8. The number of ether oxygens (including phenoxy) is 3. The summed E-state index contributed by atoms with van der Waals surface area (Å²) in [6.07, 6.45) is 3.72. The van der Waals surface area contributed by atoms with Gasteiger partial charge < -0.3 is 19.5 Å². The molecule has 1 heterocycles. The number of anilines is 1. The van der Waals surface area contributed by atoms with Crippen molar-refractivity contribution in [1.82, 2.24) is 5.43 Å². The largest absolute Gasteiger partial charge is 0.493 e. The van der Waals surface area contributed by atoms with Crippen molar-refractivity contribution in [2.24, 2.45) is 11.0 Å². The van der Waals surface area contributed by atoms with Gasteiger partial charge in [-0.3, -0.25) is 9.59 Å². The minimum atomic E-state index is -1.02. The van der Waals surface area contributed by atoms with Crippen LogP contribution in [0, 0.1) is 5.92 Å². The van der Waals surface area contributed by atoms with Gasteiger partial charge in [0.2, 0.25) is 0 Å². The van der Waals surface area contributed by atoms with E-state index in [1.54, 1.807) is 43.3 Å².